The van der Waals surface area contributed by atoms with Crippen LogP contribution in [0, 0.1) is 0 Å². The number of aromatic nitrogens is 2. The standard InChI is InChI=1S/C20H21Cl2N3O.2ClH/c21-18-6-5-17(20(22)12-18)14-26-19-4-1-3-16(11-19)13-23-7-2-9-25-10-8-24-15-25;;/h1,3-6,8,10-12,15,23H,2,7,9,13-14H2;2*1H/p-2. The lowest BCUT2D eigenvalue weighted by Gasteiger charge is -2.10. The van der Waals surface area contributed by atoms with E-state index in [1.807, 2.05) is 42.9 Å². The molecule has 1 aromatic heterocycles. The van der Waals surface area contributed by atoms with Crippen molar-refractivity contribution in [2.24, 2.45) is 0 Å². The van der Waals surface area contributed by atoms with Crippen LogP contribution in [-0.4, -0.2) is 16.1 Å². The van der Waals surface area contributed by atoms with Crippen molar-refractivity contribution in [2.75, 3.05) is 6.54 Å². The van der Waals surface area contributed by atoms with Gasteiger partial charge >= 0.3 is 0 Å². The molecule has 0 aliphatic carbocycles. The molecule has 3 rings (SSSR count). The first kappa shape index (κ1) is 24.6. The molecule has 0 fully saturated rings. The highest BCUT2D eigenvalue weighted by Gasteiger charge is 2.03. The van der Waals surface area contributed by atoms with Crippen molar-refractivity contribution in [1.82, 2.24) is 14.9 Å². The minimum atomic E-state index is 0. The van der Waals surface area contributed by atoms with Crippen LogP contribution in [0.4, 0.5) is 0 Å². The molecule has 0 aliphatic heterocycles. The fourth-order valence-corrected chi connectivity index (χ4v) is 3.05. The van der Waals surface area contributed by atoms with Gasteiger partial charge < -0.3 is 39.4 Å². The molecular formula is C20H21Cl4N3O-2. The van der Waals surface area contributed by atoms with E-state index in [4.69, 9.17) is 27.9 Å². The van der Waals surface area contributed by atoms with E-state index in [-0.39, 0.29) is 24.8 Å². The molecular weight excluding hydrogens is 440 g/mol. The van der Waals surface area contributed by atoms with Gasteiger partial charge in [-0.2, -0.15) is 0 Å². The van der Waals surface area contributed by atoms with Crippen LogP contribution in [0.2, 0.25) is 10.0 Å². The van der Waals surface area contributed by atoms with Gasteiger partial charge in [0.15, 0.2) is 0 Å². The SMILES string of the molecule is Clc1ccc(COc2cccc(CNCCCn3ccnc3)c2)c(Cl)c1.[Cl-].[Cl-]. The molecule has 0 radical (unpaired) electrons. The summed E-state index contributed by atoms with van der Waals surface area (Å²) in [4.78, 5) is 4.04. The molecule has 1 N–H and O–H groups in total. The summed E-state index contributed by atoms with van der Waals surface area (Å²) in [6.07, 6.45) is 6.68. The van der Waals surface area contributed by atoms with Crippen LogP contribution in [-0.2, 0) is 19.7 Å². The Morgan fingerprint density at radius 3 is 2.68 bits per heavy atom. The molecule has 3 aromatic rings. The monoisotopic (exact) mass is 459 g/mol. The molecule has 0 bridgehead atoms. The first-order chi connectivity index (χ1) is 12.7. The highest BCUT2D eigenvalue weighted by Crippen LogP contribution is 2.23. The third-order valence-electron chi connectivity index (χ3n) is 3.97. The summed E-state index contributed by atoms with van der Waals surface area (Å²) in [7, 11) is 0. The Hall–Kier alpha value is -1.43. The Balaban J connectivity index is 0.00000196. The lowest BCUT2D eigenvalue weighted by atomic mass is 10.2. The number of hydrogen-bond acceptors (Lipinski definition) is 3. The predicted octanol–water partition coefficient (Wildman–Crippen LogP) is -1.04. The zero-order valence-electron chi connectivity index (χ0n) is 15.1. The highest BCUT2D eigenvalue weighted by molar-refractivity contribution is 6.35. The maximum atomic E-state index is 6.18. The van der Waals surface area contributed by atoms with Crippen molar-refractivity contribution in [3.8, 4) is 5.75 Å². The average molecular weight is 461 g/mol. The lowest BCUT2D eigenvalue weighted by molar-refractivity contribution is -0.001000. The third-order valence-corrected chi connectivity index (χ3v) is 4.55. The number of hydrogen-bond donors (Lipinski definition) is 1. The number of halogens is 4. The first-order valence-electron chi connectivity index (χ1n) is 8.53. The van der Waals surface area contributed by atoms with Gasteiger partial charge in [-0.1, -0.05) is 41.4 Å². The molecule has 2 aromatic carbocycles. The quantitative estimate of drug-likeness (QED) is 0.414. The Morgan fingerprint density at radius 1 is 1.07 bits per heavy atom. The number of aryl methyl sites for hydroxylation is 1. The second-order valence-corrected chi connectivity index (χ2v) is 6.85. The zero-order chi connectivity index (χ0) is 18.2. The Bertz CT molecular complexity index is 828. The van der Waals surface area contributed by atoms with Crippen molar-refractivity contribution in [3.63, 3.8) is 0 Å². The van der Waals surface area contributed by atoms with Crippen molar-refractivity contribution in [2.45, 2.75) is 26.1 Å². The molecule has 152 valence electrons. The maximum Gasteiger partial charge on any atom is 0.120 e. The van der Waals surface area contributed by atoms with Crippen LogP contribution < -0.4 is 34.9 Å². The topological polar surface area (TPSA) is 39.1 Å². The Kier molecular flexibility index (Phi) is 11.4. The maximum absolute atomic E-state index is 6.18. The van der Waals surface area contributed by atoms with E-state index in [1.165, 1.54) is 5.56 Å². The van der Waals surface area contributed by atoms with Crippen molar-refractivity contribution in [1.29, 1.82) is 0 Å². The molecule has 0 unspecified atom stereocenters. The fraction of sp³-hybridized carbons (Fsp3) is 0.250. The van der Waals surface area contributed by atoms with Crippen LogP contribution in [0.1, 0.15) is 17.5 Å². The number of benzene rings is 2. The average Bonchev–Trinajstić information content (AvgIpc) is 3.14. The van der Waals surface area contributed by atoms with E-state index in [1.54, 1.807) is 12.3 Å². The normalized spacial score (nSPS) is 10.1. The summed E-state index contributed by atoms with van der Waals surface area (Å²) < 4.78 is 7.95. The van der Waals surface area contributed by atoms with Gasteiger partial charge in [-0.3, -0.25) is 0 Å². The third kappa shape index (κ3) is 7.90. The predicted molar refractivity (Wildman–Crippen MR) is 106 cm³/mol. The van der Waals surface area contributed by atoms with E-state index in [0.29, 0.717) is 16.7 Å². The van der Waals surface area contributed by atoms with E-state index >= 15 is 0 Å². The molecule has 28 heavy (non-hydrogen) atoms. The van der Waals surface area contributed by atoms with Gasteiger partial charge in [0, 0.05) is 41.1 Å². The second kappa shape index (κ2) is 12.9. The number of rotatable bonds is 9. The van der Waals surface area contributed by atoms with E-state index in [0.717, 1.165) is 37.4 Å². The molecule has 1 heterocycles. The Morgan fingerprint density at radius 2 is 1.93 bits per heavy atom. The first-order valence-corrected chi connectivity index (χ1v) is 9.28. The van der Waals surface area contributed by atoms with Crippen molar-refractivity contribution >= 4 is 23.2 Å². The van der Waals surface area contributed by atoms with Gasteiger partial charge in [0.1, 0.15) is 12.4 Å². The number of ether oxygens (including phenoxy) is 1. The minimum Gasteiger partial charge on any atom is -1.00 e. The van der Waals surface area contributed by atoms with Gasteiger partial charge in [0.05, 0.1) is 6.33 Å². The summed E-state index contributed by atoms with van der Waals surface area (Å²) in [6, 6.07) is 13.5. The van der Waals surface area contributed by atoms with Crippen LogP contribution in [0.3, 0.4) is 0 Å². The zero-order valence-corrected chi connectivity index (χ0v) is 18.1. The second-order valence-electron chi connectivity index (χ2n) is 6.00. The highest BCUT2D eigenvalue weighted by atomic mass is 35.5. The van der Waals surface area contributed by atoms with Crippen molar-refractivity contribution in [3.05, 3.63) is 82.4 Å². The molecule has 0 saturated heterocycles. The summed E-state index contributed by atoms with van der Waals surface area (Å²) >= 11 is 12.1. The largest absolute Gasteiger partial charge is 1.00 e. The van der Waals surface area contributed by atoms with Crippen LogP contribution >= 0.6 is 23.2 Å². The smallest absolute Gasteiger partial charge is 0.120 e. The summed E-state index contributed by atoms with van der Waals surface area (Å²) in [5.74, 6) is 0.828. The number of imidazole rings is 1. The van der Waals surface area contributed by atoms with Crippen LogP contribution in [0.15, 0.2) is 61.2 Å². The lowest BCUT2D eigenvalue weighted by Crippen LogP contribution is -3.00. The van der Waals surface area contributed by atoms with Gasteiger partial charge in [-0.15, -0.1) is 0 Å². The van der Waals surface area contributed by atoms with Gasteiger partial charge in [0.25, 0.3) is 0 Å². The molecule has 0 spiro atoms. The van der Waals surface area contributed by atoms with E-state index in [9.17, 15) is 0 Å². The summed E-state index contributed by atoms with van der Waals surface area (Å²) in [5, 5.41) is 4.70. The molecule has 0 amide bonds. The van der Waals surface area contributed by atoms with E-state index < -0.39 is 0 Å². The van der Waals surface area contributed by atoms with Gasteiger partial charge in [0.2, 0.25) is 0 Å². The molecule has 4 nitrogen and oxygen atoms in total. The Labute approximate surface area is 188 Å². The molecule has 0 aliphatic rings. The molecule has 0 saturated carbocycles. The molecule has 0 atom stereocenters. The van der Waals surface area contributed by atoms with Gasteiger partial charge in [-0.25, -0.2) is 4.98 Å². The number of nitrogens with zero attached hydrogens (tertiary/aromatic N) is 2. The van der Waals surface area contributed by atoms with Crippen LogP contribution in [0.5, 0.6) is 5.75 Å². The van der Waals surface area contributed by atoms with Crippen molar-refractivity contribution < 1.29 is 29.6 Å². The van der Waals surface area contributed by atoms with Crippen LogP contribution in [0.25, 0.3) is 0 Å². The summed E-state index contributed by atoms with van der Waals surface area (Å²) in [6.45, 7) is 3.14. The van der Waals surface area contributed by atoms with Gasteiger partial charge in [-0.05, 0) is 42.8 Å². The summed E-state index contributed by atoms with van der Waals surface area (Å²) in [5.41, 5.74) is 2.10. The molecule has 8 heteroatoms. The fourth-order valence-electron chi connectivity index (χ4n) is 2.58. The minimum absolute atomic E-state index is 0. The van der Waals surface area contributed by atoms with E-state index in [2.05, 4.69) is 20.9 Å². The number of nitrogens with one attached hydrogen (secondary N) is 1.